The number of aromatic amines is 1. The fourth-order valence-electron chi connectivity index (χ4n) is 1.47. The lowest BCUT2D eigenvalue weighted by atomic mass is 10.2. The standard InChI is InChI=1S/C13H13N3O2/c17-13(18)16(10-11-5-2-1-3-6-11)15-9-12-7-4-8-14-12/h1-9,14H,10H2,(H,17,18)/b15-9-. The number of nitrogens with one attached hydrogen (secondary N) is 1. The Hall–Kier alpha value is -2.56. The molecule has 0 aliphatic heterocycles. The summed E-state index contributed by atoms with van der Waals surface area (Å²) in [5.41, 5.74) is 1.65. The fourth-order valence-corrected chi connectivity index (χ4v) is 1.47. The van der Waals surface area contributed by atoms with E-state index in [1.54, 1.807) is 6.20 Å². The maximum atomic E-state index is 11.1. The minimum Gasteiger partial charge on any atom is -0.464 e. The maximum absolute atomic E-state index is 11.1. The molecule has 18 heavy (non-hydrogen) atoms. The second kappa shape index (κ2) is 5.67. The first-order chi connectivity index (χ1) is 8.75. The molecule has 0 aliphatic carbocycles. The van der Waals surface area contributed by atoms with Gasteiger partial charge in [-0.3, -0.25) is 0 Å². The maximum Gasteiger partial charge on any atom is 0.428 e. The third kappa shape index (κ3) is 3.21. The number of hydrogen-bond donors (Lipinski definition) is 2. The van der Waals surface area contributed by atoms with Gasteiger partial charge in [-0.25, -0.2) is 4.79 Å². The number of hydrogen-bond acceptors (Lipinski definition) is 2. The Morgan fingerprint density at radius 1 is 1.28 bits per heavy atom. The third-order valence-corrected chi connectivity index (χ3v) is 2.35. The third-order valence-electron chi connectivity index (χ3n) is 2.35. The molecule has 0 spiro atoms. The molecule has 1 aromatic heterocycles. The van der Waals surface area contributed by atoms with Crippen molar-refractivity contribution in [1.29, 1.82) is 0 Å². The molecule has 0 aliphatic rings. The number of carbonyl (C=O) groups is 1. The van der Waals surface area contributed by atoms with Gasteiger partial charge in [-0.05, 0) is 17.7 Å². The second-order valence-electron chi connectivity index (χ2n) is 3.70. The van der Waals surface area contributed by atoms with Crippen LogP contribution in [0.5, 0.6) is 0 Å². The Morgan fingerprint density at radius 2 is 2.06 bits per heavy atom. The van der Waals surface area contributed by atoms with Crippen LogP contribution >= 0.6 is 0 Å². The summed E-state index contributed by atoms with van der Waals surface area (Å²) in [6.45, 7) is 0.230. The van der Waals surface area contributed by atoms with E-state index in [-0.39, 0.29) is 6.54 Å². The zero-order valence-corrected chi connectivity index (χ0v) is 9.65. The van der Waals surface area contributed by atoms with E-state index in [4.69, 9.17) is 5.11 Å². The topological polar surface area (TPSA) is 68.7 Å². The van der Waals surface area contributed by atoms with Gasteiger partial charge in [0.25, 0.3) is 0 Å². The highest BCUT2D eigenvalue weighted by Gasteiger charge is 2.10. The Bertz CT molecular complexity index is 520. The van der Waals surface area contributed by atoms with Gasteiger partial charge in [-0.2, -0.15) is 10.1 Å². The lowest BCUT2D eigenvalue weighted by molar-refractivity contribution is 0.144. The summed E-state index contributed by atoms with van der Waals surface area (Å²) in [5.74, 6) is 0. The average Bonchev–Trinajstić information content (AvgIpc) is 2.88. The van der Waals surface area contributed by atoms with Crippen LogP contribution in [0.25, 0.3) is 0 Å². The lowest BCUT2D eigenvalue weighted by Crippen LogP contribution is -2.23. The van der Waals surface area contributed by atoms with Gasteiger partial charge in [0, 0.05) is 6.20 Å². The van der Waals surface area contributed by atoms with E-state index >= 15 is 0 Å². The molecule has 5 nitrogen and oxygen atoms in total. The van der Waals surface area contributed by atoms with Crippen LogP contribution in [0.3, 0.4) is 0 Å². The van der Waals surface area contributed by atoms with Gasteiger partial charge >= 0.3 is 6.09 Å². The summed E-state index contributed by atoms with van der Waals surface area (Å²) < 4.78 is 0. The van der Waals surface area contributed by atoms with E-state index in [1.807, 2.05) is 42.5 Å². The highest BCUT2D eigenvalue weighted by molar-refractivity contribution is 5.78. The predicted octanol–water partition coefficient (Wildman–Crippen LogP) is 2.53. The van der Waals surface area contributed by atoms with Crippen molar-refractivity contribution in [3.8, 4) is 0 Å². The molecule has 0 saturated carbocycles. The van der Waals surface area contributed by atoms with Crippen LogP contribution in [0.2, 0.25) is 0 Å². The molecule has 2 aromatic rings. The molecule has 2 N–H and O–H groups in total. The van der Waals surface area contributed by atoms with Gasteiger partial charge in [0.05, 0.1) is 18.5 Å². The van der Waals surface area contributed by atoms with Crippen LogP contribution in [-0.2, 0) is 6.54 Å². The second-order valence-corrected chi connectivity index (χ2v) is 3.70. The molecule has 1 heterocycles. The van der Waals surface area contributed by atoms with Gasteiger partial charge in [0.2, 0.25) is 0 Å². The molecular weight excluding hydrogens is 230 g/mol. The molecule has 0 atom stereocenters. The van der Waals surface area contributed by atoms with E-state index in [0.29, 0.717) is 0 Å². The van der Waals surface area contributed by atoms with Crippen molar-refractivity contribution in [3.63, 3.8) is 0 Å². The van der Waals surface area contributed by atoms with Gasteiger partial charge in [0.1, 0.15) is 0 Å². The zero-order chi connectivity index (χ0) is 12.8. The number of nitrogens with zero attached hydrogens (tertiary/aromatic N) is 2. The van der Waals surface area contributed by atoms with Crippen molar-refractivity contribution >= 4 is 12.3 Å². The number of rotatable bonds is 4. The van der Waals surface area contributed by atoms with E-state index in [2.05, 4.69) is 10.1 Å². The molecule has 0 bridgehead atoms. The quantitative estimate of drug-likeness (QED) is 0.640. The monoisotopic (exact) mass is 243 g/mol. The molecule has 2 rings (SSSR count). The molecule has 0 fully saturated rings. The van der Waals surface area contributed by atoms with E-state index < -0.39 is 6.09 Å². The normalized spacial score (nSPS) is 10.7. The molecule has 1 amide bonds. The molecule has 0 unspecified atom stereocenters. The summed E-state index contributed by atoms with van der Waals surface area (Å²) >= 11 is 0. The van der Waals surface area contributed by atoms with Crippen LogP contribution in [-0.4, -0.2) is 27.4 Å². The first-order valence-electron chi connectivity index (χ1n) is 5.47. The number of benzene rings is 1. The SMILES string of the molecule is O=C(O)N(Cc1ccccc1)/N=C\c1ccc[nH]1. The number of carboxylic acid groups (broad SMARTS) is 1. The van der Waals surface area contributed by atoms with Crippen LogP contribution in [0.4, 0.5) is 4.79 Å². The summed E-state index contributed by atoms with van der Waals surface area (Å²) in [7, 11) is 0. The van der Waals surface area contributed by atoms with Gasteiger partial charge in [0.15, 0.2) is 0 Å². The highest BCUT2D eigenvalue weighted by Crippen LogP contribution is 2.05. The lowest BCUT2D eigenvalue weighted by Gasteiger charge is -2.12. The number of H-pyrrole nitrogens is 1. The largest absolute Gasteiger partial charge is 0.464 e. The number of amides is 1. The number of aromatic nitrogens is 1. The van der Waals surface area contributed by atoms with Crippen LogP contribution < -0.4 is 0 Å². The minimum absolute atomic E-state index is 0.230. The van der Waals surface area contributed by atoms with Crippen molar-refractivity contribution in [1.82, 2.24) is 9.99 Å². The van der Waals surface area contributed by atoms with Crippen LogP contribution in [0, 0.1) is 0 Å². The summed E-state index contributed by atoms with van der Waals surface area (Å²) in [6, 6.07) is 13.0. The molecule has 0 saturated heterocycles. The Balaban J connectivity index is 2.07. The van der Waals surface area contributed by atoms with Gasteiger partial charge in [-0.1, -0.05) is 30.3 Å². The smallest absolute Gasteiger partial charge is 0.428 e. The van der Waals surface area contributed by atoms with Crippen molar-refractivity contribution in [2.45, 2.75) is 6.54 Å². The number of hydrazone groups is 1. The molecule has 0 radical (unpaired) electrons. The molecule has 1 aromatic carbocycles. The first-order valence-corrected chi connectivity index (χ1v) is 5.47. The van der Waals surface area contributed by atoms with Crippen molar-refractivity contribution < 1.29 is 9.90 Å². The van der Waals surface area contributed by atoms with E-state index in [0.717, 1.165) is 16.3 Å². The molecule has 92 valence electrons. The molecule has 5 heteroatoms. The minimum atomic E-state index is -1.08. The molecular formula is C13H13N3O2. The Labute approximate surface area is 104 Å². The zero-order valence-electron chi connectivity index (χ0n) is 9.65. The van der Waals surface area contributed by atoms with Crippen molar-refractivity contribution in [2.75, 3.05) is 0 Å². The Morgan fingerprint density at radius 3 is 2.67 bits per heavy atom. The van der Waals surface area contributed by atoms with Gasteiger partial charge in [-0.15, -0.1) is 0 Å². The summed E-state index contributed by atoms with van der Waals surface area (Å²) in [6.07, 6.45) is 2.16. The van der Waals surface area contributed by atoms with E-state index in [1.165, 1.54) is 6.21 Å². The van der Waals surface area contributed by atoms with E-state index in [9.17, 15) is 4.79 Å². The van der Waals surface area contributed by atoms with Crippen LogP contribution in [0.1, 0.15) is 11.3 Å². The fraction of sp³-hybridized carbons (Fsp3) is 0.0769. The van der Waals surface area contributed by atoms with Crippen LogP contribution in [0.15, 0.2) is 53.8 Å². The van der Waals surface area contributed by atoms with Crippen molar-refractivity contribution in [2.24, 2.45) is 5.10 Å². The first kappa shape index (κ1) is 11.9. The highest BCUT2D eigenvalue weighted by atomic mass is 16.4. The Kier molecular flexibility index (Phi) is 3.76. The summed E-state index contributed by atoms with van der Waals surface area (Å²) in [4.78, 5) is 14.0. The predicted molar refractivity (Wildman–Crippen MR) is 68.4 cm³/mol. The summed E-state index contributed by atoms with van der Waals surface area (Å²) in [5, 5.41) is 14.0. The van der Waals surface area contributed by atoms with Gasteiger partial charge < -0.3 is 10.1 Å². The average molecular weight is 243 g/mol. The van der Waals surface area contributed by atoms with Crippen molar-refractivity contribution in [3.05, 3.63) is 59.9 Å².